The lowest BCUT2D eigenvalue weighted by molar-refractivity contribution is -0.143. The van der Waals surface area contributed by atoms with Gasteiger partial charge < -0.3 is 14.2 Å². The molecule has 3 rings (SSSR count). The molecule has 1 saturated heterocycles. The van der Waals surface area contributed by atoms with Gasteiger partial charge in [0.15, 0.2) is 11.5 Å². The number of halogens is 1. The van der Waals surface area contributed by atoms with Crippen LogP contribution in [0.3, 0.4) is 0 Å². The quantitative estimate of drug-likeness (QED) is 0.399. The average Bonchev–Trinajstić information content (AvgIpc) is 3.05. The van der Waals surface area contributed by atoms with E-state index >= 15 is 0 Å². The molecule has 164 valence electrons. The summed E-state index contributed by atoms with van der Waals surface area (Å²) in [6.45, 7) is -0.180. The Morgan fingerprint density at radius 1 is 1.22 bits per heavy atom. The standard InChI is InChI=1S/C22H17BrN2O6S/c1-29-17-8-15(9-18-21(27)25(22(28)32-18)11-19(26)30-2)7-16(23)20(17)31-12-14-5-3-13(10-24)4-6-14/h3-9H,11-12H2,1-2H3/b18-9+. The highest BCUT2D eigenvalue weighted by atomic mass is 79.9. The molecule has 10 heteroatoms. The first kappa shape index (κ1) is 23.4. The van der Waals surface area contributed by atoms with Crippen LogP contribution in [0.2, 0.25) is 0 Å². The largest absolute Gasteiger partial charge is 0.493 e. The molecule has 0 spiro atoms. The van der Waals surface area contributed by atoms with E-state index in [0.717, 1.165) is 22.2 Å². The molecule has 8 nitrogen and oxygen atoms in total. The predicted molar refractivity (Wildman–Crippen MR) is 121 cm³/mol. The number of hydrogen-bond donors (Lipinski definition) is 0. The number of ether oxygens (including phenoxy) is 3. The molecule has 0 saturated carbocycles. The van der Waals surface area contributed by atoms with Gasteiger partial charge in [-0.15, -0.1) is 0 Å². The highest BCUT2D eigenvalue weighted by Crippen LogP contribution is 2.39. The third-order valence-electron chi connectivity index (χ3n) is 4.40. The molecule has 0 unspecified atom stereocenters. The Kier molecular flexibility index (Phi) is 7.56. The number of nitrogens with zero attached hydrogens (tertiary/aromatic N) is 2. The number of thioether (sulfide) groups is 1. The Hall–Kier alpha value is -3.29. The summed E-state index contributed by atoms with van der Waals surface area (Å²) in [4.78, 5) is 37.0. The van der Waals surface area contributed by atoms with Gasteiger partial charge in [-0.3, -0.25) is 19.3 Å². The maximum absolute atomic E-state index is 12.5. The van der Waals surface area contributed by atoms with Crippen LogP contribution < -0.4 is 9.47 Å². The van der Waals surface area contributed by atoms with Crippen molar-refractivity contribution in [1.29, 1.82) is 5.26 Å². The van der Waals surface area contributed by atoms with Crippen LogP contribution in [0.25, 0.3) is 6.08 Å². The van der Waals surface area contributed by atoms with Gasteiger partial charge >= 0.3 is 5.97 Å². The molecule has 1 aliphatic heterocycles. The molecule has 2 aromatic carbocycles. The highest BCUT2D eigenvalue weighted by molar-refractivity contribution is 9.10. The number of hydrogen-bond acceptors (Lipinski definition) is 8. The number of rotatable bonds is 7. The van der Waals surface area contributed by atoms with Gasteiger partial charge in [0.25, 0.3) is 11.1 Å². The van der Waals surface area contributed by atoms with Gasteiger partial charge in [-0.25, -0.2) is 0 Å². The molecule has 0 aromatic heterocycles. The van der Waals surface area contributed by atoms with Gasteiger partial charge in [-0.1, -0.05) is 12.1 Å². The van der Waals surface area contributed by atoms with Crippen LogP contribution >= 0.6 is 27.7 Å². The third-order valence-corrected chi connectivity index (χ3v) is 5.90. The lowest BCUT2D eigenvalue weighted by Gasteiger charge is -2.14. The normalized spacial score (nSPS) is 14.4. The second kappa shape index (κ2) is 10.3. The van der Waals surface area contributed by atoms with Crippen molar-refractivity contribution in [2.24, 2.45) is 0 Å². The second-order valence-corrected chi connectivity index (χ2v) is 8.32. The van der Waals surface area contributed by atoms with Crippen LogP contribution in [0.15, 0.2) is 45.8 Å². The fraction of sp³-hybridized carbons (Fsp3) is 0.182. The van der Waals surface area contributed by atoms with Crippen molar-refractivity contribution in [3.8, 4) is 17.6 Å². The fourth-order valence-electron chi connectivity index (χ4n) is 2.78. The van der Waals surface area contributed by atoms with Gasteiger partial charge in [-0.05, 0) is 69.2 Å². The first-order valence-corrected chi connectivity index (χ1v) is 10.8. The Bertz CT molecular complexity index is 1140. The first-order valence-electron chi connectivity index (χ1n) is 9.17. The van der Waals surface area contributed by atoms with Gasteiger partial charge in [0.05, 0.1) is 35.2 Å². The van der Waals surface area contributed by atoms with E-state index in [1.54, 1.807) is 42.5 Å². The molecule has 1 fully saturated rings. The van der Waals surface area contributed by atoms with E-state index < -0.39 is 23.7 Å². The van der Waals surface area contributed by atoms with Crippen LogP contribution in [0.1, 0.15) is 16.7 Å². The van der Waals surface area contributed by atoms with E-state index in [4.69, 9.17) is 14.7 Å². The lowest BCUT2D eigenvalue weighted by atomic mass is 10.1. The van der Waals surface area contributed by atoms with Crippen LogP contribution in [0, 0.1) is 11.3 Å². The first-order chi connectivity index (χ1) is 15.4. The molecule has 0 atom stereocenters. The second-order valence-electron chi connectivity index (χ2n) is 6.48. The van der Waals surface area contributed by atoms with Crippen molar-refractivity contribution >= 4 is 50.9 Å². The Labute approximate surface area is 196 Å². The van der Waals surface area contributed by atoms with Gasteiger partial charge in [0, 0.05) is 0 Å². The zero-order valence-electron chi connectivity index (χ0n) is 17.1. The summed E-state index contributed by atoms with van der Waals surface area (Å²) in [5, 5.41) is 8.35. The van der Waals surface area contributed by atoms with E-state index in [0.29, 0.717) is 27.1 Å². The zero-order chi connectivity index (χ0) is 23.3. The minimum Gasteiger partial charge on any atom is -0.493 e. The molecule has 2 aromatic rings. The Morgan fingerprint density at radius 3 is 2.56 bits per heavy atom. The molecule has 0 bridgehead atoms. The summed E-state index contributed by atoms with van der Waals surface area (Å²) in [6.07, 6.45) is 1.54. The van der Waals surface area contributed by atoms with Gasteiger partial charge in [0.1, 0.15) is 13.2 Å². The van der Waals surface area contributed by atoms with E-state index in [2.05, 4.69) is 26.7 Å². The topological polar surface area (TPSA) is 106 Å². The minimum atomic E-state index is -0.679. The summed E-state index contributed by atoms with van der Waals surface area (Å²) < 4.78 is 16.4. The van der Waals surface area contributed by atoms with Crippen molar-refractivity contribution in [2.75, 3.05) is 20.8 Å². The Morgan fingerprint density at radius 2 is 1.94 bits per heavy atom. The highest BCUT2D eigenvalue weighted by Gasteiger charge is 2.36. The number of benzene rings is 2. The summed E-state index contributed by atoms with van der Waals surface area (Å²) in [7, 11) is 2.68. The molecule has 0 radical (unpaired) electrons. The average molecular weight is 517 g/mol. The molecule has 0 aliphatic carbocycles. The van der Waals surface area contributed by atoms with Crippen LogP contribution in [-0.2, 0) is 20.9 Å². The number of carbonyl (C=O) groups excluding carboxylic acids is 3. The molecule has 0 N–H and O–H groups in total. The number of carbonyl (C=O) groups is 3. The molecule has 1 heterocycles. The SMILES string of the molecule is COC(=O)CN1C(=O)S/C(=C/c2cc(Br)c(OCc3ccc(C#N)cc3)c(OC)c2)C1=O. The van der Waals surface area contributed by atoms with E-state index in [1.807, 2.05) is 0 Å². The monoisotopic (exact) mass is 516 g/mol. The van der Waals surface area contributed by atoms with E-state index in [9.17, 15) is 14.4 Å². The summed E-state index contributed by atoms with van der Waals surface area (Å²) in [5.41, 5.74) is 2.04. The number of amides is 2. The fourth-order valence-corrected chi connectivity index (χ4v) is 4.19. The molecule has 2 amide bonds. The Balaban J connectivity index is 1.80. The number of methoxy groups -OCH3 is 2. The zero-order valence-corrected chi connectivity index (χ0v) is 19.5. The van der Waals surface area contributed by atoms with Crippen molar-refractivity contribution in [1.82, 2.24) is 4.90 Å². The van der Waals surface area contributed by atoms with Crippen molar-refractivity contribution in [3.05, 3.63) is 62.5 Å². The van der Waals surface area contributed by atoms with Crippen molar-refractivity contribution in [3.63, 3.8) is 0 Å². The molecular formula is C22H17BrN2O6S. The summed E-state index contributed by atoms with van der Waals surface area (Å²) in [6, 6.07) is 12.5. The summed E-state index contributed by atoms with van der Waals surface area (Å²) in [5.74, 6) is -0.357. The maximum atomic E-state index is 12.5. The van der Waals surface area contributed by atoms with E-state index in [1.165, 1.54) is 14.2 Å². The number of esters is 1. The van der Waals surface area contributed by atoms with Gasteiger partial charge in [0.2, 0.25) is 0 Å². The van der Waals surface area contributed by atoms with Crippen LogP contribution in [-0.4, -0.2) is 42.8 Å². The summed E-state index contributed by atoms with van der Waals surface area (Å²) >= 11 is 4.20. The van der Waals surface area contributed by atoms with Crippen LogP contribution in [0.4, 0.5) is 4.79 Å². The lowest BCUT2D eigenvalue weighted by Crippen LogP contribution is -2.34. The molecular weight excluding hydrogens is 500 g/mol. The molecule has 32 heavy (non-hydrogen) atoms. The predicted octanol–water partition coefficient (Wildman–Crippen LogP) is 4.12. The third kappa shape index (κ3) is 5.30. The smallest absolute Gasteiger partial charge is 0.325 e. The maximum Gasteiger partial charge on any atom is 0.325 e. The van der Waals surface area contributed by atoms with Gasteiger partial charge in [-0.2, -0.15) is 5.26 Å². The van der Waals surface area contributed by atoms with Crippen molar-refractivity contribution < 1.29 is 28.6 Å². The van der Waals surface area contributed by atoms with E-state index in [-0.39, 0.29) is 11.5 Å². The number of imide groups is 1. The number of nitriles is 1. The molecule has 1 aliphatic rings. The minimum absolute atomic E-state index is 0.180. The van der Waals surface area contributed by atoms with Crippen molar-refractivity contribution in [2.45, 2.75) is 6.61 Å². The van der Waals surface area contributed by atoms with Crippen LogP contribution in [0.5, 0.6) is 11.5 Å².